The number of ether oxygens (including phenoxy) is 1. The van der Waals surface area contributed by atoms with Crippen molar-refractivity contribution in [2.75, 3.05) is 23.8 Å². The van der Waals surface area contributed by atoms with Crippen LogP contribution < -0.4 is 10.6 Å². The molecule has 2 N–H and O–H groups in total. The highest BCUT2D eigenvalue weighted by molar-refractivity contribution is 5.98. The summed E-state index contributed by atoms with van der Waals surface area (Å²) in [5.74, 6) is -0.284. The maximum atomic E-state index is 11.6. The van der Waals surface area contributed by atoms with Crippen molar-refractivity contribution in [1.29, 1.82) is 0 Å². The van der Waals surface area contributed by atoms with Gasteiger partial charge in [0.2, 0.25) is 0 Å². The minimum Gasteiger partial charge on any atom is -0.465 e. The Morgan fingerprint density at radius 1 is 0.966 bits per heavy atom. The summed E-state index contributed by atoms with van der Waals surface area (Å²) >= 11 is 0. The number of para-hydroxylation sites is 1. The van der Waals surface area contributed by atoms with Crippen LogP contribution in [0.4, 0.5) is 17.1 Å². The highest BCUT2D eigenvalue weighted by atomic mass is 16.5. The molecule has 0 bridgehead atoms. The average molecular weight is 392 g/mol. The lowest BCUT2D eigenvalue weighted by Gasteiger charge is -2.31. The third-order valence-electron chi connectivity index (χ3n) is 4.64. The van der Waals surface area contributed by atoms with Gasteiger partial charge in [-0.05, 0) is 67.7 Å². The number of allylic oxidation sites excluding steroid dienone is 2. The first-order valence-electron chi connectivity index (χ1n) is 10.0. The number of aliphatic imine (C=N–C) groups is 1. The van der Waals surface area contributed by atoms with Crippen LogP contribution in [0, 0.1) is 5.41 Å². The minimum absolute atomic E-state index is 0.0723. The molecule has 0 aromatic heterocycles. The van der Waals surface area contributed by atoms with E-state index in [1.165, 1.54) is 0 Å². The minimum atomic E-state index is -0.284. The second-order valence-electron chi connectivity index (χ2n) is 7.99. The summed E-state index contributed by atoms with van der Waals surface area (Å²) in [4.78, 5) is 16.1. The summed E-state index contributed by atoms with van der Waals surface area (Å²) in [5, 5.41) is 6.89. The van der Waals surface area contributed by atoms with Gasteiger partial charge in [-0.15, -0.1) is 0 Å². The molecular weight excluding hydrogens is 362 g/mol. The Bertz CT molecular complexity index is 884. The van der Waals surface area contributed by atoms with Gasteiger partial charge in [0, 0.05) is 28.5 Å². The van der Waals surface area contributed by atoms with Crippen molar-refractivity contribution in [1.82, 2.24) is 0 Å². The smallest absolute Gasteiger partial charge is 0.327 e. The second-order valence-corrected chi connectivity index (χ2v) is 7.99. The van der Waals surface area contributed by atoms with E-state index in [4.69, 9.17) is 4.74 Å². The van der Waals surface area contributed by atoms with Crippen LogP contribution in [0.1, 0.15) is 33.6 Å². The Morgan fingerprint density at radius 3 is 2.24 bits per heavy atom. The molecule has 0 aliphatic heterocycles. The monoisotopic (exact) mass is 391 g/mol. The topological polar surface area (TPSA) is 62.7 Å². The Kier molecular flexibility index (Phi) is 6.70. The molecule has 2 aromatic rings. The molecule has 5 nitrogen and oxygen atoms in total. The molecule has 5 heteroatoms. The molecule has 0 heterocycles. The number of carbonyl (C=O) groups is 1. The van der Waals surface area contributed by atoms with Crippen molar-refractivity contribution in [2.24, 2.45) is 10.4 Å². The SMILES string of the molecule is CCOC(=O)CN=C1C=C(Nc2ccc(Nc3ccccc3)cc2)CC(C)(C)C1. The Hall–Kier alpha value is -3.08. The molecule has 2 aromatic carbocycles. The Morgan fingerprint density at radius 2 is 1.59 bits per heavy atom. The number of nitrogens with one attached hydrogen (secondary N) is 2. The molecule has 0 atom stereocenters. The van der Waals surface area contributed by atoms with Crippen LogP contribution in [0.5, 0.6) is 0 Å². The Balaban J connectivity index is 1.67. The number of rotatable bonds is 7. The number of hydrogen-bond acceptors (Lipinski definition) is 5. The number of hydrogen-bond donors (Lipinski definition) is 2. The van der Waals surface area contributed by atoms with E-state index in [-0.39, 0.29) is 17.9 Å². The lowest BCUT2D eigenvalue weighted by atomic mass is 9.78. The third-order valence-corrected chi connectivity index (χ3v) is 4.64. The predicted molar refractivity (Wildman–Crippen MR) is 120 cm³/mol. The van der Waals surface area contributed by atoms with Gasteiger partial charge in [0.05, 0.1) is 6.61 Å². The summed E-state index contributed by atoms with van der Waals surface area (Å²) in [7, 11) is 0. The van der Waals surface area contributed by atoms with E-state index < -0.39 is 0 Å². The fourth-order valence-electron chi connectivity index (χ4n) is 3.44. The third kappa shape index (κ3) is 6.49. The van der Waals surface area contributed by atoms with E-state index in [1.54, 1.807) is 6.92 Å². The molecule has 29 heavy (non-hydrogen) atoms. The predicted octanol–water partition coefficient (Wildman–Crippen LogP) is 5.55. The van der Waals surface area contributed by atoms with Gasteiger partial charge in [0.25, 0.3) is 0 Å². The first kappa shape index (κ1) is 20.6. The van der Waals surface area contributed by atoms with Crippen LogP contribution >= 0.6 is 0 Å². The highest BCUT2D eigenvalue weighted by Crippen LogP contribution is 2.34. The largest absolute Gasteiger partial charge is 0.465 e. The standard InChI is InChI=1S/C24H29N3O2/c1-4-29-23(28)17-25-21-14-22(16-24(2,3)15-21)27-20-12-10-19(11-13-20)26-18-8-6-5-7-9-18/h5-14,26-27H,4,15-17H2,1-3H3. The van der Waals surface area contributed by atoms with Crippen molar-refractivity contribution >= 4 is 28.7 Å². The Labute approximate surface area is 172 Å². The molecule has 0 radical (unpaired) electrons. The van der Waals surface area contributed by atoms with Gasteiger partial charge in [0.1, 0.15) is 6.54 Å². The summed E-state index contributed by atoms with van der Waals surface area (Å²) in [5.41, 5.74) is 5.24. The van der Waals surface area contributed by atoms with Crippen molar-refractivity contribution in [3.63, 3.8) is 0 Å². The van der Waals surface area contributed by atoms with Gasteiger partial charge in [-0.25, -0.2) is 0 Å². The van der Waals surface area contributed by atoms with Crippen LogP contribution in [-0.2, 0) is 9.53 Å². The molecule has 0 saturated heterocycles. The summed E-state index contributed by atoms with van der Waals surface area (Å²) in [6.45, 7) is 6.69. The number of benzene rings is 2. The molecule has 152 valence electrons. The zero-order valence-electron chi connectivity index (χ0n) is 17.4. The summed E-state index contributed by atoms with van der Waals surface area (Å²) in [6.07, 6.45) is 3.83. The van der Waals surface area contributed by atoms with Crippen LogP contribution in [-0.4, -0.2) is 24.8 Å². The van der Waals surface area contributed by atoms with Gasteiger partial charge in [0.15, 0.2) is 0 Å². The van der Waals surface area contributed by atoms with Crippen LogP contribution in [0.3, 0.4) is 0 Å². The van der Waals surface area contributed by atoms with E-state index in [9.17, 15) is 4.79 Å². The van der Waals surface area contributed by atoms with E-state index in [2.05, 4.69) is 59.8 Å². The molecule has 3 rings (SSSR count). The van der Waals surface area contributed by atoms with Gasteiger partial charge >= 0.3 is 5.97 Å². The van der Waals surface area contributed by atoms with Gasteiger partial charge in [-0.3, -0.25) is 9.79 Å². The number of nitrogens with zero attached hydrogens (tertiary/aromatic N) is 1. The molecule has 1 aliphatic rings. The lowest BCUT2D eigenvalue weighted by Crippen LogP contribution is -2.25. The van der Waals surface area contributed by atoms with E-state index in [0.29, 0.717) is 6.61 Å². The summed E-state index contributed by atoms with van der Waals surface area (Å²) < 4.78 is 4.97. The number of carbonyl (C=O) groups excluding carboxylic acids is 1. The van der Waals surface area contributed by atoms with Gasteiger partial charge in [-0.1, -0.05) is 32.0 Å². The molecule has 0 fully saturated rings. The van der Waals surface area contributed by atoms with E-state index in [1.807, 2.05) is 30.3 Å². The van der Waals surface area contributed by atoms with Crippen molar-refractivity contribution < 1.29 is 9.53 Å². The zero-order chi connectivity index (χ0) is 20.7. The van der Waals surface area contributed by atoms with Crippen molar-refractivity contribution in [3.05, 3.63) is 66.4 Å². The molecule has 0 amide bonds. The second kappa shape index (κ2) is 9.41. The zero-order valence-corrected chi connectivity index (χ0v) is 17.4. The van der Waals surface area contributed by atoms with Gasteiger partial charge in [-0.2, -0.15) is 0 Å². The van der Waals surface area contributed by atoms with Crippen molar-refractivity contribution in [2.45, 2.75) is 33.6 Å². The molecule has 1 aliphatic carbocycles. The first-order chi connectivity index (χ1) is 13.9. The molecular formula is C24H29N3O2. The highest BCUT2D eigenvalue weighted by Gasteiger charge is 2.26. The average Bonchev–Trinajstić information content (AvgIpc) is 2.68. The summed E-state index contributed by atoms with van der Waals surface area (Å²) in [6, 6.07) is 18.3. The van der Waals surface area contributed by atoms with Crippen LogP contribution in [0.2, 0.25) is 0 Å². The fraction of sp³-hybridized carbons (Fsp3) is 0.333. The first-order valence-corrected chi connectivity index (χ1v) is 10.0. The van der Waals surface area contributed by atoms with Crippen molar-refractivity contribution in [3.8, 4) is 0 Å². The maximum absolute atomic E-state index is 11.6. The lowest BCUT2D eigenvalue weighted by molar-refractivity contribution is -0.141. The normalized spacial score (nSPS) is 16.8. The van der Waals surface area contributed by atoms with E-state index in [0.717, 1.165) is 41.3 Å². The van der Waals surface area contributed by atoms with Gasteiger partial charge < -0.3 is 15.4 Å². The maximum Gasteiger partial charge on any atom is 0.327 e. The van der Waals surface area contributed by atoms with Crippen LogP contribution in [0.15, 0.2) is 71.4 Å². The molecule has 0 saturated carbocycles. The fourth-order valence-corrected chi connectivity index (χ4v) is 3.44. The molecule has 0 unspecified atom stereocenters. The van der Waals surface area contributed by atoms with Crippen LogP contribution in [0.25, 0.3) is 0 Å². The quantitative estimate of drug-likeness (QED) is 0.608. The molecule has 0 spiro atoms. The number of anilines is 3. The number of esters is 1. The van der Waals surface area contributed by atoms with E-state index >= 15 is 0 Å².